The van der Waals surface area contributed by atoms with Crippen molar-refractivity contribution >= 4 is 17.5 Å². The summed E-state index contributed by atoms with van der Waals surface area (Å²) in [4.78, 5) is 36.1. The van der Waals surface area contributed by atoms with Gasteiger partial charge in [0, 0.05) is 56.7 Å². The van der Waals surface area contributed by atoms with E-state index < -0.39 is 0 Å². The van der Waals surface area contributed by atoms with E-state index in [-0.39, 0.29) is 11.8 Å². The molecule has 29 heavy (non-hydrogen) atoms. The van der Waals surface area contributed by atoms with Crippen LogP contribution in [0.25, 0.3) is 0 Å². The fourth-order valence-electron chi connectivity index (χ4n) is 4.21. The SMILES string of the molecule is CC1CCCN(C(=O)c2ccnc(C(=O)N3CCN(c4ccccc4)CC3)c2)C1. The number of benzene rings is 1. The molecule has 0 aliphatic carbocycles. The number of carbonyl (C=O) groups excluding carboxylic acids is 2. The molecule has 2 aromatic rings. The average Bonchev–Trinajstić information content (AvgIpc) is 2.79. The molecule has 1 unspecified atom stereocenters. The average molecular weight is 393 g/mol. The van der Waals surface area contributed by atoms with Crippen LogP contribution in [-0.2, 0) is 0 Å². The highest BCUT2D eigenvalue weighted by molar-refractivity contribution is 5.98. The Morgan fingerprint density at radius 1 is 0.931 bits per heavy atom. The fourth-order valence-corrected chi connectivity index (χ4v) is 4.21. The molecule has 2 saturated heterocycles. The molecule has 2 aliphatic rings. The van der Waals surface area contributed by atoms with Crippen LogP contribution in [0.2, 0.25) is 0 Å². The minimum atomic E-state index is -0.0978. The van der Waals surface area contributed by atoms with Crippen molar-refractivity contribution in [1.29, 1.82) is 0 Å². The number of anilines is 1. The molecule has 6 heteroatoms. The second-order valence-electron chi connectivity index (χ2n) is 8.04. The maximum absolute atomic E-state index is 13.0. The highest BCUT2D eigenvalue weighted by Gasteiger charge is 2.26. The molecule has 4 rings (SSSR count). The van der Waals surface area contributed by atoms with Crippen molar-refractivity contribution in [2.75, 3.05) is 44.2 Å². The van der Waals surface area contributed by atoms with Gasteiger partial charge in [-0.3, -0.25) is 14.6 Å². The van der Waals surface area contributed by atoms with E-state index in [4.69, 9.17) is 0 Å². The molecule has 1 aromatic heterocycles. The minimum Gasteiger partial charge on any atom is -0.368 e. The van der Waals surface area contributed by atoms with E-state index in [0.29, 0.717) is 30.3 Å². The van der Waals surface area contributed by atoms with Gasteiger partial charge < -0.3 is 14.7 Å². The largest absolute Gasteiger partial charge is 0.368 e. The van der Waals surface area contributed by atoms with Gasteiger partial charge in [0.25, 0.3) is 11.8 Å². The van der Waals surface area contributed by atoms with Gasteiger partial charge in [0.2, 0.25) is 0 Å². The predicted molar refractivity (Wildman–Crippen MR) is 113 cm³/mol. The third-order valence-electron chi connectivity index (χ3n) is 5.86. The number of aromatic nitrogens is 1. The lowest BCUT2D eigenvalue weighted by molar-refractivity contribution is 0.0682. The van der Waals surface area contributed by atoms with Crippen LogP contribution in [0.15, 0.2) is 48.7 Å². The normalized spacial score (nSPS) is 19.9. The van der Waals surface area contributed by atoms with Crippen molar-refractivity contribution in [2.24, 2.45) is 5.92 Å². The number of para-hydroxylation sites is 1. The van der Waals surface area contributed by atoms with Crippen molar-refractivity contribution in [3.8, 4) is 0 Å². The van der Waals surface area contributed by atoms with Crippen LogP contribution in [0, 0.1) is 5.92 Å². The summed E-state index contributed by atoms with van der Waals surface area (Å²) in [6.07, 6.45) is 3.78. The lowest BCUT2D eigenvalue weighted by Crippen LogP contribution is -2.49. The fraction of sp³-hybridized carbons (Fsp3) is 0.435. The van der Waals surface area contributed by atoms with E-state index >= 15 is 0 Å². The Kier molecular flexibility index (Phi) is 5.79. The number of hydrogen-bond acceptors (Lipinski definition) is 4. The van der Waals surface area contributed by atoms with Gasteiger partial charge in [-0.15, -0.1) is 0 Å². The maximum Gasteiger partial charge on any atom is 0.272 e. The summed E-state index contributed by atoms with van der Waals surface area (Å²) < 4.78 is 0. The van der Waals surface area contributed by atoms with E-state index in [1.165, 1.54) is 12.1 Å². The summed E-state index contributed by atoms with van der Waals surface area (Å²) in [6, 6.07) is 13.6. The van der Waals surface area contributed by atoms with Crippen LogP contribution in [0.3, 0.4) is 0 Å². The van der Waals surface area contributed by atoms with E-state index in [2.05, 4.69) is 28.9 Å². The lowest BCUT2D eigenvalue weighted by atomic mass is 9.99. The van der Waals surface area contributed by atoms with Gasteiger partial charge in [0.05, 0.1) is 0 Å². The number of pyridine rings is 1. The molecule has 0 spiro atoms. The number of rotatable bonds is 3. The van der Waals surface area contributed by atoms with Crippen molar-refractivity contribution in [3.63, 3.8) is 0 Å². The Labute approximate surface area is 172 Å². The molecular weight excluding hydrogens is 364 g/mol. The third-order valence-corrected chi connectivity index (χ3v) is 5.86. The lowest BCUT2D eigenvalue weighted by Gasteiger charge is -2.36. The molecule has 0 N–H and O–H groups in total. The number of carbonyl (C=O) groups is 2. The molecule has 1 aromatic carbocycles. The van der Waals surface area contributed by atoms with Crippen LogP contribution in [0.1, 0.15) is 40.6 Å². The van der Waals surface area contributed by atoms with Gasteiger partial charge in [-0.2, -0.15) is 0 Å². The van der Waals surface area contributed by atoms with E-state index in [0.717, 1.165) is 32.6 Å². The highest BCUT2D eigenvalue weighted by atomic mass is 16.2. The summed E-state index contributed by atoms with van der Waals surface area (Å²) in [5.74, 6) is 0.429. The monoisotopic (exact) mass is 392 g/mol. The van der Waals surface area contributed by atoms with Crippen LogP contribution in [0.5, 0.6) is 0 Å². The van der Waals surface area contributed by atoms with Gasteiger partial charge in [0.1, 0.15) is 5.69 Å². The molecule has 0 radical (unpaired) electrons. The molecule has 0 saturated carbocycles. The first-order valence-electron chi connectivity index (χ1n) is 10.5. The maximum atomic E-state index is 13.0. The van der Waals surface area contributed by atoms with E-state index in [1.54, 1.807) is 18.3 Å². The Morgan fingerprint density at radius 2 is 1.69 bits per heavy atom. The molecule has 152 valence electrons. The second kappa shape index (κ2) is 8.64. The molecule has 3 heterocycles. The molecule has 6 nitrogen and oxygen atoms in total. The molecule has 0 bridgehead atoms. The Balaban J connectivity index is 1.41. The molecule has 1 atom stereocenters. The van der Waals surface area contributed by atoms with Gasteiger partial charge in [-0.1, -0.05) is 25.1 Å². The third kappa shape index (κ3) is 4.42. The first-order valence-corrected chi connectivity index (χ1v) is 10.5. The van der Waals surface area contributed by atoms with Gasteiger partial charge in [-0.25, -0.2) is 0 Å². The number of hydrogen-bond donors (Lipinski definition) is 0. The summed E-state index contributed by atoms with van der Waals surface area (Å²) in [7, 11) is 0. The molecule has 2 fully saturated rings. The highest BCUT2D eigenvalue weighted by Crippen LogP contribution is 2.19. The zero-order valence-corrected chi connectivity index (χ0v) is 17.0. The van der Waals surface area contributed by atoms with E-state index in [1.807, 2.05) is 28.0 Å². The summed E-state index contributed by atoms with van der Waals surface area (Å²) >= 11 is 0. The first-order chi connectivity index (χ1) is 14.1. The molecular formula is C23H28N4O2. The van der Waals surface area contributed by atoms with Crippen LogP contribution in [-0.4, -0.2) is 65.9 Å². The Hall–Kier alpha value is -2.89. The zero-order valence-electron chi connectivity index (χ0n) is 17.0. The smallest absolute Gasteiger partial charge is 0.272 e. The van der Waals surface area contributed by atoms with E-state index in [9.17, 15) is 9.59 Å². The van der Waals surface area contributed by atoms with Crippen LogP contribution in [0.4, 0.5) is 5.69 Å². The molecule has 2 aliphatic heterocycles. The Morgan fingerprint density at radius 3 is 2.41 bits per heavy atom. The number of piperazine rings is 1. The topological polar surface area (TPSA) is 56.8 Å². The summed E-state index contributed by atoms with van der Waals surface area (Å²) in [5.41, 5.74) is 2.09. The van der Waals surface area contributed by atoms with Crippen molar-refractivity contribution in [2.45, 2.75) is 19.8 Å². The van der Waals surface area contributed by atoms with Crippen LogP contribution < -0.4 is 4.90 Å². The number of nitrogens with zero attached hydrogens (tertiary/aromatic N) is 4. The summed E-state index contributed by atoms with van der Waals surface area (Å²) in [5, 5.41) is 0. The number of piperidine rings is 1. The first kappa shape index (κ1) is 19.4. The van der Waals surface area contributed by atoms with Crippen molar-refractivity contribution in [3.05, 3.63) is 59.9 Å². The van der Waals surface area contributed by atoms with Crippen LogP contribution >= 0.6 is 0 Å². The Bertz CT molecular complexity index is 862. The quantitative estimate of drug-likeness (QED) is 0.806. The van der Waals surface area contributed by atoms with Crippen molar-refractivity contribution in [1.82, 2.24) is 14.8 Å². The number of amides is 2. The predicted octanol–water partition coefficient (Wildman–Crippen LogP) is 2.92. The summed E-state index contributed by atoms with van der Waals surface area (Å²) in [6.45, 7) is 6.63. The standard InChI is InChI=1S/C23H28N4O2/c1-18-6-5-11-27(17-18)22(28)19-9-10-24-21(16-19)23(29)26-14-12-25(13-15-26)20-7-3-2-4-8-20/h2-4,7-10,16,18H,5-6,11-15,17H2,1H3. The second-order valence-corrected chi connectivity index (χ2v) is 8.04. The molecule has 2 amide bonds. The zero-order chi connectivity index (χ0) is 20.2. The van der Waals surface area contributed by atoms with Gasteiger partial charge in [0.15, 0.2) is 0 Å². The van der Waals surface area contributed by atoms with Gasteiger partial charge in [-0.05, 0) is 43.0 Å². The van der Waals surface area contributed by atoms with Crippen molar-refractivity contribution < 1.29 is 9.59 Å². The number of likely N-dealkylation sites (tertiary alicyclic amines) is 1. The minimum absolute atomic E-state index is 0.00176. The van der Waals surface area contributed by atoms with Gasteiger partial charge >= 0.3 is 0 Å².